The predicted molar refractivity (Wildman–Crippen MR) is 58.2 cm³/mol. The first kappa shape index (κ1) is 14.3. The normalized spacial score (nSPS) is 29.4. The zero-order chi connectivity index (χ0) is 13.3. The highest BCUT2D eigenvalue weighted by atomic mass is 19.4. The van der Waals surface area contributed by atoms with Crippen LogP contribution in [-0.2, 0) is 4.79 Å². The van der Waals surface area contributed by atoms with Crippen LogP contribution in [0.4, 0.5) is 13.2 Å². The number of carbonyl (C=O) groups is 1. The molecule has 100 valence electrons. The third-order valence-electron chi connectivity index (χ3n) is 3.56. The Balaban J connectivity index is 2.79. The van der Waals surface area contributed by atoms with Gasteiger partial charge in [-0.3, -0.25) is 4.79 Å². The van der Waals surface area contributed by atoms with E-state index in [2.05, 4.69) is 0 Å². The van der Waals surface area contributed by atoms with Crippen LogP contribution >= 0.6 is 0 Å². The molecule has 0 aromatic heterocycles. The lowest BCUT2D eigenvalue weighted by molar-refractivity contribution is -0.167. The summed E-state index contributed by atoms with van der Waals surface area (Å²) in [6.07, 6.45) is -2.29. The van der Waals surface area contributed by atoms with Crippen LogP contribution in [0.1, 0.15) is 33.1 Å². The van der Waals surface area contributed by atoms with E-state index in [0.29, 0.717) is 12.8 Å². The number of carbonyl (C=O) groups excluding carboxylic acids is 1. The van der Waals surface area contributed by atoms with Gasteiger partial charge in [-0.2, -0.15) is 13.2 Å². The Morgan fingerprint density at radius 2 is 2.12 bits per heavy atom. The predicted octanol–water partition coefficient (Wildman–Crippen LogP) is 1.91. The summed E-state index contributed by atoms with van der Waals surface area (Å²) in [4.78, 5) is 13.0. The van der Waals surface area contributed by atoms with E-state index in [4.69, 9.17) is 5.73 Å². The molecular weight excluding hydrogens is 233 g/mol. The number of nitrogens with two attached hydrogens (primary N) is 1. The fourth-order valence-electron chi connectivity index (χ4n) is 2.36. The van der Waals surface area contributed by atoms with E-state index in [1.165, 1.54) is 0 Å². The number of rotatable bonds is 3. The number of alkyl halides is 3. The van der Waals surface area contributed by atoms with Crippen molar-refractivity contribution in [2.75, 3.05) is 13.1 Å². The van der Waals surface area contributed by atoms with E-state index < -0.39 is 24.0 Å². The maximum Gasteiger partial charge on any atom is 0.406 e. The van der Waals surface area contributed by atoms with E-state index in [1.807, 2.05) is 0 Å². The smallest absolute Gasteiger partial charge is 0.333 e. The third kappa shape index (κ3) is 3.12. The lowest BCUT2D eigenvalue weighted by atomic mass is 9.83. The molecule has 1 fully saturated rings. The van der Waals surface area contributed by atoms with Gasteiger partial charge in [0.2, 0.25) is 5.91 Å². The van der Waals surface area contributed by atoms with Crippen molar-refractivity contribution in [2.45, 2.75) is 45.3 Å². The maximum atomic E-state index is 12.3. The molecule has 2 N–H and O–H groups in total. The van der Waals surface area contributed by atoms with Crippen molar-refractivity contribution >= 4 is 5.91 Å². The van der Waals surface area contributed by atoms with Gasteiger partial charge >= 0.3 is 6.18 Å². The fraction of sp³-hybridized carbons (Fsp3) is 0.909. The number of halogens is 3. The summed E-state index contributed by atoms with van der Waals surface area (Å²) < 4.78 is 37.0. The summed E-state index contributed by atoms with van der Waals surface area (Å²) in [6.45, 7) is 2.09. The molecule has 2 atom stereocenters. The first-order valence-corrected chi connectivity index (χ1v) is 5.82. The van der Waals surface area contributed by atoms with Gasteiger partial charge in [0, 0.05) is 12.6 Å². The molecule has 0 saturated heterocycles. The Hall–Kier alpha value is -0.780. The van der Waals surface area contributed by atoms with Gasteiger partial charge in [0.1, 0.15) is 6.54 Å². The van der Waals surface area contributed by atoms with E-state index in [9.17, 15) is 18.0 Å². The zero-order valence-corrected chi connectivity index (χ0v) is 10.2. The summed E-state index contributed by atoms with van der Waals surface area (Å²) in [5.74, 6) is -0.470. The quantitative estimate of drug-likeness (QED) is 0.834. The monoisotopic (exact) mass is 252 g/mol. The van der Waals surface area contributed by atoms with Crippen LogP contribution in [0.2, 0.25) is 0 Å². The van der Waals surface area contributed by atoms with E-state index in [1.54, 1.807) is 13.8 Å². The number of amides is 1. The molecule has 0 aromatic rings. The molecule has 1 saturated carbocycles. The maximum absolute atomic E-state index is 12.3. The molecule has 17 heavy (non-hydrogen) atoms. The minimum atomic E-state index is -4.36. The van der Waals surface area contributed by atoms with Gasteiger partial charge in [0.05, 0.1) is 5.41 Å². The van der Waals surface area contributed by atoms with Crippen LogP contribution in [0.3, 0.4) is 0 Å². The highest BCUT2D eigenvalue weighted by Crippen LogP contribution is 2.38. The summed E-state index contributed by atoms with van der Waals surface area (Å²) in [5.41, 5.74) is 5.01. The van der Waals surface area contributed by atoms with Crippen molar-refractivity contribution in [3.05, 3.63) is 0 Å². The largest absolute Gasteiger partial charge is 0.406 e. The van der Waals surface area contributed by atoms with E-state index in [0.717, 1.165) is 11.3 Å². The van der Waals surface area contributed by atoms with Crippen molar-refractivity contribution < 1.29 is 18.0 Å². The molecule has 0 aliphatic heterocycles. The Bertz CT molecular complexity index is 293. The number of hydrogen-bond donors (Lipinski definition) is 1. The molecule has 2 unspecified atom stereocenters. The molecule has 3 nitrogen and oxygen atoms in total. The minimum Gasteiger partial charge on any atom is -0.333 e. The Kier molecular flexibility index (Phi) is 4.06. The summed E-state index contributed by atoms with van der Waals surface area (Å²) in [7, 11) is 0. The number of hydrogen-bond acceptors (Lipinski definition) is 2. The standard InChI is InChI=1S/C11H19F3N2O/c1-3-16(7-11(12,13)14)9(17)10(2)6-4-5-8(10)15/h8H,3-7,15H2,1-2H3. The van der Waals surface area contributed by atoms with Gasteiger partial charge in [-0.05, 0) is 26.7 Å². The Morgan fingerprint density at radius 1 is 1.53 bits per heavy atom. The summed E-state index contributed by atoms with van der Waals surface area (Å²) in [6, 6.07) is -0.336. The average Bonchev–Trinajstić information content (AvgIpc) is 2.55. The van der Waals surface area contributed by atoms with E-state index >= 15 is 0 Å². The molecular formula is C11H19F3N2O. The summed E-state index contributed by atoms with van der Waals surface area (Å²) in [5, 5.41) is 0. The SMILES string of the molecule is CCN(CC(F)(F)F)C(=O)C1(C)CCCC1N. The third-order valence-corrected chi connectivity index (χ3v) is 3.56. The van der Waals surface area contributed by atoms with Gasteiger partial charge < -0.3 is 10.6 Å². The Labute approximate surface area is 99.1 Å². The van der Waals surface area contributed by atoms with Gasteiger partial charge in [0.25, 0.3) is 0 Å². The lowest BCUT2D eigenvalue weighted by Gasteiger charge is -2.34. The first-order chi connectivity index (χ1) is 7.70. The molecule has 0 radical (unpaired) electrons. The van der Waals surface area contributed by atoms with Crippen LogP contribution in [0.5, 0.6) is 0 Å². The molecule has 1 aliphatic carbocycles. The summed E-state index contributed by atoms with van der Waals surface area (Å²) >= 11 is 0. The fourth-order valence-corrected chi connectivity index (χ4v) is 2.36. The van der Waals surface area contributed by atoms with Crippen LogP contribution in [0.15, 0.2) is 0 Å². The van der Waals surface area contributed by atoms with Crippen LogP contribution < -0.4 is 5.73 Å². The lowest BCUT2D eigenvalue weighted by Crippen LogP contribution is -2.51. The molecule has 1 aliphatic rings. The molecule has 0 spiro atoms. The van der Waals surface area contributed by atoms with Crippen molar-refractivity contribution in [1.29, 1.82) is 0 Å². The van der Waals surface area contributed by atoms with Crippen LogP contribution in [-0.4, -0.2) is 36.1 Å². The van der Waals surface area contributed by atoms with Gasteiger partial charge in [-0.1, -0.05) is 6.42 Å². The van der Waals surface area contributed by atoms with Crippen molar-refractivity contribution in [3.8, 4) is 0 Å². The molecule has 0 bridgehead atoms. The highest BCUT2D eigenvalue weighted by molar-refractivity contribution is 5.83. The van der Waals surface area contributed by atoms with Crippen molar-refractivity contribution in [3.63, 3.8) is 0 Å². The van der Waals surface area contributed by atoms with Crippen LogP contribution in [0, 0.1) is 5.41 Å². The second-order valence-electron chi connectivity index (χ2n) is 4.85. The number of nitrogens with zero attached hydrogens (tertiary/aromatic N) is 1. The first-order valence-electron chi connectivity index (χ1n) is 5.82. The second kappa shape index (κ2) is 4.84. The highest BCUT2D eigenvalue weighted by Gasteiger charge is 2.46. The molecule has 0 aromatic carbocycles. The van der Waals surface area contributed by atoms with Crippen molar-refractivity contribution in [1.82, 2.24) is 4.90 Å². The van der Waals surface area contributed by atoms with Crippen molar-refractivity contribution in [2.24, 2.45) is 11.1 Å². The van der Waals surface area contributed by atoms with Gasteiger partial charge in [0.15, 0.2) is 0 Å². The molecule has 1 rings (SSSR count). The van der Waals surface area contributed by atoms with Crippen LogP contribution in [0.25, 0.3) is 0 Å². The zero-order valence-electron chi connectivity index (χ0n) is 10.2. The average molecular weight is 252 g/mol. The Morgan fingerprint density at radius 3 is 2.47 bits per heavy atom. The second-order valence-corrected chi connectivity index (χ2v) is 4.85. The van der Waals surface area contributed by atoms with E-state index in [-0.39, 0.29) is 12.6 Å². The molecule has 0 heterocycles. The van der Waals surface area contributed by atoms with Gasteiger partial charge in [-0.25, -0.2) is 0 Å². The minimum absolute atomic E-state index is 0.0562. The molecule has 1 amide bonds. The van der Waals surface area contributed by atoms with Gasteiger partial charge in [-0.15, -0.1) is 0 Å². The topological polar surface area (TPSA) is 46.3 Å². The molecule has 6 heteroatoms.